The average Bonchev–Trinajstić information content (AvgIpc) is 2.12. The minimum Gasteiger partial charge on any atom is -0.202 e. The summed E-state index contributed by atoms with van der Waals surface area (Å²) >= 11 is 0. The van der Waals surface area contributed by atoms with Gasteiger partial charge >= 0.3 is 0 Å². The molecule has 0 aliphatic carbocycles. The molecule has 0 atom stereocenters. The first-order valence-corrected chi connectivity index (χ1v) is 3.24. The first kappa shape index (κ1) is 12.2. The lowest BCUT2D eigenvalue weighted by Crippen LogP contribution is -1.47. The van der Waals surface area contributed by atoms with Crippen LogP contribution in [0, 0.1) is 11.8 Å². The molecule has 0 heterocycles. The fraction of sp³-hybridized carbons (Fsp3) is 0.100. The molecule has 0 saturated carbocycles. The summed E-state index contributed by atoms with van der Waals surface area (Å²) in [4.78, 5) is 0. The smallest absolute Gasteiger partial charge is 0.0462 e. The molecule has 0 bridgehead atoms. The number of rotatable bonds is 0. The molecule has 0 amide bonds. The zero-order valence-electron chi connectivity index (χ0n) is 6.77. The lowest BCUT2D eigenvalue weighted by atomic mass is 10.4. The van der Waals surface area contributed by atoms with Gasteiger partial charge in [0, 0.05) is 6.57 Å². The van der Waals surface area contributed by atoms with Gasteiger partial charge in [-0.2, -0.15) is 0 Å². The molecule has 0 aromatic heterocycles. The molecule has 0 spiro atoms. The molecule has 0 fully saturated rings. The molecular weight excluding hydrogens is 134 g/mol. The molecule has 1 aromatic carbocycles. The number of allylic oxidation sites excluding steroid dienone is 1. The van der Waals surface area contributed by atoms with Gasteiger partial charge in [0.05, 0.1) is 0 Å². The van der Waals surface area contributed by atoms with Gasteiger partial charge in [0.1, 0.15) is 0 Å². The molecule has 1 rings (SSSR count). The summed E-state index contributed by atoms with van der Waals surface area (Å²) in [5.74, 6) is 0. The van der Waals surface area contributed by atoms with Crippen molar-refractivity contribution >= 4 is 0 Å². The Morgan fingerprint density at radius 2 is 1.09 bits per heavy atom. The van der Waals surface area contributed by atoms with Gasteiger partial charge in [0.2, 0.25) is 0 Å². The molecule has 1 aromatic rings. The van der Waals surface area contributed by atoms with Gasteiger partial charge < -0.3 is 0 Å². The Kier molecular flexibility index (Phi) is 17.5. The van der Waals surface area contributed by atoms with E-state index < -0.39 is 0 Å². The Labute approximate surface area is 68.6 Å². The lowest BCUT2D eigenvalue weighted by molar-refractivity contribution is 1.58. The Hall–Kier alpha value is -1.55. The Balaban J connectivity index is 0. The number of benzene rings is 1. The first-order chi connectivity index (χ1) is 5.41. The Bertz CT molecular complexity index is 138. The summed E-state index contributed by atoms with van der Waals surface area (Å²) < 4.78 is 0. The molecular formula is C10H13N. The van der Waals surface area contributed by atoms with Crippen molar-refractivity contribution in [1.29, 1.82) is 5.26 Å². The largest absolute Gasteiger partial charge is 0.202 e. The summed E-state index contributed by atoms with van der Waals surface area (Å²) in [7, 11) is 0. The van der Waals surface area contributed by atoms with Crippen LogP contribution in [-0.4, -0.2) is 0 Å². The van der Waals surface area contributed by atoms with Crippen molar-refractivity contribution in [2.24, 2.45) is 0 Å². The van der Waals surface area contributed by atoms with Gasteiger partial charge in [0.25, 0.3) is 0 Å². The van der Waals surface area contributed by atoms with Crippen molar-refractivity contribution in [2.75, 3.05) is 0 Å². The SMILES string of the molecule is C#N.C=CC.c1ccccc1. The van der Waals surface area contributed by atoms with Crippen LogP contribution in [0.4, 0.5) is 0 Å². The second-order valence-corrected chi connectivity index (χ2v) is 1.56. The maximum atomic E-state index is 6.50. The van der Waals surface area contributed by atoms with Crippen molar-refractivity contribution in [3.8, 4) is 6.57 Å². The standard InChI is InChI=1S/C6H6.C3H6.CHN/c1-2-4-6-5-3-1;1-3-2;1-2/h1-6H;3H,1H2,2H3;1H. The van der Waals surface area contributed by atoms with E-state index in [4.69, 9.17) is 5.26 Å². The zero-order chi connectivity index (χ0) is 8.95. The fourth-order valence-electron chi connectivity index (χ4n) is 0.385. The van der Waals surface area contributed by atoms with E-state index in [0.717, 1.165) is 0 Å². The summed E-state index contributed by atoms with van der Waals surface area (Å²) in [6.45, 7) is 8.75. The maximum absolute atomic E-state index is 6.50. The predicted molar refractivity (Wildman–Crippen MR) is 49.0 cm³/mol. The summed E-state index contributed by atoms with van der Waals surface area (Å²) in [6.07, 6.45) is 1.75. The Morgan fingerprint density at radius 1 is 1.00 bits per heavy atom. The molecule has 0 saturated heterocycles. The molecule has 0 radical (unpaired) electrons. The summed E-state index contributed by atoms with van der Waals surface area (Å²) in [5, 5.41) is 6.50. The fourth-order valence-corrected chi connectivity index (χ4v) is 0.385. The predicted octanol–water partition coefficient (Wildman–Crippen LogP) is 3.02. The second kappa shape index (κ2) is 15.8. The van der Waals surface area contributed by atoms with E-state index in [2.05, 4.69) is 13.2 Å². The van der Waals surface area contributed by atoms with Gasteiger partial charge in [-0.3, -0.25) is 0 Å². The third-order valence-electron chi connectivity index (χ3n) is 0.667. The van der Waals surface area contributed by atoms with Crippen LogP contribution < -0.4 is 0 Å². The zero-order valence-corrected chi connectivity index (χ0v) is 6.77. The van der Waals surface area contributed by atoms with Crippen molar-refractivity contribution < 1.29 is 0 Å². The van der Waals surface area contributed by atoms with Gasteiger partial charge in [-0.1, -0.05) is 42.5 Å². The second-order valence-electron chi connectivity index (χ2n) is 1.56. The minimum atomic E-state index is 1.75. The number of nitrogens with zero attached hydrogens (tertiary/aromatic N) is 1. The van der Waals surface area contributed by atoms with Crippen molar-refractivity contribution in [3.05, 3.63) is 49.1 Å². The molecule has 11 heavy (non-hydrogen) atoms. The molecule has 0 unspecified atom stereocenters. The lowest BCUT2D eigenvalue weighted by Gasteiger charge is -1.69. The number of hydrogen-bond donors (Lipinski definition) is 0. The normalized spacial score (nSPS) is 5.73. The number of hydrogen-bond acceptors (Lipinski definition) is 1. The van der Waals surface area contributed by atoms with E-state index in [9.17, 15) is 0 Å². The van der Waals surface area contributed by atoms with E-state index >= 15 is 0 Å². The van der Waals surface area contributed by atoms with Gasteiger partial charge in [-0.25, -0.2) is 5.26 Å². The summed E-state index contributed by atoms with van der Waals surface area (Å²) in [5.41, 5.74) is 0. The highest BCUT2D eigenvalue weighted by Crippen LogP contribution is 1.79. The van der Waals surface area contributed by atoms with Gasteiger partial charge in [-0.15, -0.1) is 6.58 Å². The van der Waals surface area contributed by atoms with Crippen LogP contribution in [0.1, 0.15) is 6.92 Å². The summed E-state index contributed by atoms with van der Waals surface area (Å²) in [6, 6.07) is 12.0. The molecule has 0 N–H and O–H groups in total. The van der Waals surface area contributed by atoms with Crippen LogP contribution in [0.2, 0.25) is 0 Å². The molecule has 58 valence electrons. The van der Waals surface area contributed by atoms with Crippen LogP contribution in [0.5, 0.6) is 0 Å². The van der Waals surface area contributed by atoms with Crippen molar-refractivity contribution in [2.45, 2.75) is 6.92 Å². The maximum Gasteiger partial charge on any atom is 0.0462 e. The van der Waals surface area contributed by atoms with E-state index in [-0.39, 0.29) is 0 Å². The third-order valence-corrected chi connectivity index (χ3v) is 0.667. The first-order valence-electron chi connectivity index (χ1n) is 3.24. The third kappa shape index (κ3) is 17.8. The van der Waals surface area contributed by atoms with E-state index in [1.54, 1.807) is 6.08 Å². The topological polar surface area (TPSA) is 23.8 Å². The van der Waals surface area contributed by atoms with Crippen LogP contribution in [0.3, 0.4) is 0 Å². The molecule has 1 nitrogen and oxygen atoms in total. The highest BCUT2D eigenvalue weighted by Gasteiger charge is 1.57. The van der Waals surface area contributed by atoms with Crippen LogP contribution in [-0.2, 0) is 0 Å². The molecule has 0 aliphatic heterocycles. The Morgan fingerprint density at radius 3 is 1.18 bits per heavy atom. The quantitative estimate of drug-likeness (QED) is 0.517. The highest BCUT2D eigenvalue weighted by molar-refractivity contribution is 4.99. The van der Waals surface area contributed by atoms with Crippen molar-refractivity contribution in [3.63, 3.8) is 0 Å². The van der Waals surface area contributed by atoms with Crippen LogP contribution in [0.25, 0.3) is 0 Å². The van der Waals surface area contributed by atoms with Crippen molar-refractivity contribution in [1.82, 2.24) is 0 Å². The average molecular weight is 147 g/mol. The minimum absolute atomic E-state index is 1.75. The highest BCUT2D eigenvalue weighted by atomic mass is 14.2. The number of nitriles is 1. The monoisotopic (exact) mass is 147 g/mol. The molecule has 1 heteroatoms. The van der Waals surface area contributed by atoms with E-state index in [0.29, 0.717) is 0 Å². The van der Waals surface area contributed by atoms with Crippen LogP contribution >= 0.6 is 0 Å². The van der Waals surface area contributed by atoms with Crippen LogP contribution in [0.15, 0.2) is 49.1 Å². The van der Waals surface area contributed by atoms with E-state index in [1.165, 1.54) is 0 Å². The van der Waals surface area contributed by atoms with E-state index in [1.807, 2.05) is 43.3 Å². The molecule has 0 aliphatic rings. The van der Waals surface area contributed by atoms with Gasteiger partial charge in [-0.05, 0) is 6.92 Å². The van der Waals surface area contributed by atoms with Gasteiger partial charge in [0.15, 0.2) is 0 Å².